The quantitative estimate of drug-likeness (QED) is 0.682. The molecule has 2 heterocycles. The molecule has 2 aliphatic heterocycles. The molecule has 10 heteroatoms. The molecule has 0 saturated carbocycles. The van der Waals surface area contributed by atoms with Crippen LogP contribution in [0.5, 0.6) is 0 Å². The molecule has 9 nitrogen and oxygen atoms in total. The number of hydrogen-bond donors (Lipinski definition) is 1. The normalized spacial score (nSPS) is 21.0. The number of anilines is 1. The van der Waals surface area contributed by atoms with Crippen molar-refractivity contribution in [1.29, 1.82) is 0 Å². The molecule has 2 saturated heterocycles. The van der Waals surface area contributed by atoms with Crippen molar-refractivity contribution in [3.05, 3.63) is 30.3 Å². The minimum atomic E-state index is -3.32. The lowest BCUT2D eigenvalue weighted by Gasteiger charge is -2.35. The van der Waals surface area contributed by atoms with E-state index in [1.54, 1.807) is 49.1 Å². The maximum absolute atomic E-state index is 12.6. The number of sulfonamides is 1. The summed E-state index contributed by atoms with van der Waals surface area (Å²) in [6.07, 6.45) is 0.313. The van der Waals surface area contributed by atoms with Gasteiger partial charge in [-0.05, 0) is 32.4 Å². The molecule has 1 unspecified atom stereocenters. The highest BCUT2D eigenvalue weighted by Gasteiger charge is 2.39. The first-order valence-electron chi connectivity index (χ1n) is 9.68. The van der Waals surface area contributed by atoms with Crippen LogP contribution >= 0.6 is 0 Å². The zero-order valence-electron chi connectivity index (χ0n) is 16.6. The molecule has 0 radical (unpaired) electrons. The lowest BCUT2D eigenvalue weighted by atomic mass is 10.1. The number of carbonyl (C=O) groups is 3. The summed E-state index contributed by atoms with van der Waals surface area (Å²) in [6.45, 7) is 4.47. The fourth-order valence-corrected chi connectivity index (χ4v) is 4.73. The molecule has 1 aromatic carbocycles. The van der Waals surface area contributed by atoms with Gasteiger partial charge in [-0.15, -0.1) is 0 Å². The molecule has 1 aromatic rings. The van der Waals surface area contributed by atoms with Gasteiger partial charge in [-0.25, -0.2) is 18.1 Å². The number of para-hydroxylation sites is 1. The van der Waals surface area contributed by atoms with Gasteiger partial charge >= 0.3 is 6.03 Å². The summed E-state index contributed by atoms with van der Waals surface area (Å²) in [5, 5.41) is 2.14. The summed E-state index contributed by atoms with van der Waals surface area (Å²) in [5.74, 6) is -0.520. The molecule has 1 atom stereocenters. The Bertz CT molecular complexity index is 879. The smallest absolute Gasteiger partial charge is 0.329 e. The number of imide groups is 1. The van der Waals surface area contributed by atoms with E-state index in [1.165, 1.54) is 4.31 Å². The van der Waals surface area contributed by atoms with Crippen molar-refractivity contribution >= 4 is 33.6 Å². The van der Waals surface area contributed by atoms with E-state index in [9.17, 15) is 22.8 Å². The lowest BCUT2D eigenvalue weighted by molar-refractivity contribution is -0.132. The summed E-state index contributed by atoms with van der Waals surface area (Å²) in [4.78, 5) is 39.9. The topological polar surface area (TPSA) is 107 Å². The molecular formula is C19H26N4O5S. The highest BCUT2D eigenvalue weighted by molar-refractivity contribution is 7.89. The van der Waals surface area contributed by atoms with Crippen molar-refractivity contribution in [1.82, 2.24) is 14.5 Å². The van der Waals surface area contributed by atoms with Gasteiger partial charge in [-0.3, -0.25) is 9.59 Å². The van der Waals surface area contributed by atoms with Gasteiger partial charge in [0.15, 0.2) is 0 Å². The zero-order chi connectivity index (χ0) is 21.2. The van der Waals surface area contributed by atoms with E-state index < -0.39 is 27.3 Å². The average molecular weight is 423 g/mol. The number of nitrogens with zero attached hydrogens (tertiary/aromatic N) is 3. The van der Waals surface area contributed by atoms with Crippen LogP contribution in [0.4, 0.5) is 10.5 Å². The third-order valence-electron chi connectivity index (χ3n) is 5.23. The molecule has 0 aromatic heterocycles. The molecule has 0 spiro atoms. The molecule has 2 aliphatic rings. The minimum absolute atomic E-state index is 0.107. The summed E-state index contributed by atoms with van der Waals surface area (Å²) in [6, 6.07) is 7.40. The molecule has 0 bridgehead atoms. The summed E-state index contributed by atoms with van der Waals surface area (Å²) < 4.78 is 25.8. The first-order valence-corrected chi connectivity index (χ1v) is 11.2. The molecule has 158 valence electrons. The average Bonchev–Trinajstić information content (AvgIpc) is 3.00. The van der Waals surface area contributed by atoms with Crippen molar-refractivity contribution < 1.29 is 22.8 Å². The Hall–Kier alpha value is -2.46. The van der Waals surface area contributed by atoms with Crippen LogP contribution in [0.2, 0.25) is 0 Å². The van der Waals surface area contributed by atoms with E-state index in [0.717, 1.165) is 4.90 Å². The largest absolute Gasteiger partial charge is 0.340 e. The van der Waals surface area contributed by atoms with E-state index in [1.807, 2.05) is 0 Å². The summed E-state index contributed by atoms with van der Waals surface area (Å²) in [7, 11) is -3.32. The predicted molar refractivity (Wildman–Crippen MR) is 108 cm³/mol. The Morgan fingerprint density at radius 3 is 2.31 bits per heavy atom. The molecule has 4 amide bonds. The minimum Gasteiger partial charge on any atom is -0.340 e. The van der Waals surface area contributed by atoms with Gasteiger partial charge in [-0.2, -0.15) is 4.31 Å². The monoisotopic (exact) mass is 422 g/mol. The SMILES string of the molecule is CC(C)S(=O)(=O)N1CCN(C(=O)CCC2NC(=O)N(c3ccccc3)C2=O)CC1. The zero-order valence-corrected chi connectivity index (χ0v) is 17.4. The molecule has 0 aliphatic carbocycles. The second-order valence-corrected chi connectivity index (χ2v) is 9.91. The maximum atomic E-state index is 12.6. The second kappa shape index (κ2) is 8.50. The van der Waals surface area contributed by atoms with E-state index in [0.29, 0.717) is 18.8 Å². The van der Waals surface area contributed by atoms with Crippen LogP contribution in [0, 0.1) is 0 Å². The first-order chi connectivity index (χ1) is 13.7. The van der Waals surface area contributed by atoms with Crippen LogP contribution in [0.1, 0.15) is 26.7 Å². The number of hydrogen-bond acceptors (Lipinski definition) is 5. The lowest BCUT2D eigenvalue weighted by Crippen LogP contribution is -2.52. The maximum Gasteiger partial charge on any atom is 0.329 e. The van der Waals surface area contributed by atoms with Crippen LogP contribution in [-0.2, 0) is 19.6 Å². The predicted octanol–water partition coefficient (Wildman–Crippen LogP) is 0.774. The van der Waals surface area contributed by atoms with Crippen molar-refractivity contribution in [3.8, 4) is 0 Å². The van der Waals surface area contributed by atoms with Gasteiger partial charge in [0.25, 0.3) is 5.91 Å². The van der Waals surface area contributed by atoms with E-state index in [-0.39, 0.29) is 37.7 Å². The Balaban J connectivity index is 1.52. The number of amides is 4. The van der Waals surface area contributed by atoms with Crippen LogP contribution in [-0.4, -0.2) is 72.9 Å². The summed E-state index contributed by atoms with van der Waals surface area (Å²) >= 11 is 0. The molecule has 3 rings (SSSR count). The molecule has 1 N–H and O–H groups in total. The van der Waals surface area contributed by atoms with Crippen molar-refractivity contribution in [2.45, 2.75) is 38.0 Å². The van der Waals surface area contributed by atoms with Crippen molar-refractivity contribution in [2.75, 3.05) is 31.1 Å². The van der Waals surface area contributed by atoms with Gasteiger partial charge in [0.2, 0.25) is 15.9 Å². The third-order valence-corrected chi connectivity index (χ3v) is 7.50. The molecule has 29 heavy (non-hydrogen) atoms. The third kappa shape index (κ3) is 4.43. The first kappa shape index (κ1) is 21.3. The number of urea groups is 1. The Morgan fingerprint density at radius 2 is 1.72 bits per heavy atom. The van der Waals surface area contributed by atoms with E-state index in [4.69, 9.17) is 0 Å². The van der Waals surface area contributed by atoms with E-state index in [2.05, 4.69) is 5.32 Å². The van der Waals surface area contributed by atoms with Crippen molar-refractivity contribution in [3.63, 3.8) is 0 Å². The van der Waals surface area contributed by atoms with Crippen LogP contribution in [0.15, 0.2) is 30.3 Å². The van der Waals surface area contributed by atoms with Gasteiger partial charge in [0, 0.05) is 32.6 Å². The van der Waals surface area contributed by atoms with Crippen LogP contribution in [0.25, 0.3) is 0 Å². The van der Waals surface area contributed by atoms with Crippen LogP contribution in [0.3, 0.4) is 0 Å². The fraction of sp³-hybridized carbons (Fsp3) is 0.526. The second-order valence-electron chi connectivity index (χ2n) is 7.42. The fourth-order valence-electron chi connectivity index (χ4n) is 3.46. The van der Waals surface area contributed by atoms with Gasteiger partial charge in [0.05, 0.1) is 10.9 Å². The number of carbonyl (C=O) groups excluding carboxylic acids is 3. The Morgan fingerprint density at radius 1 is 1.10 bits per heavy atom. The number of benzene rings is 1. The van der Waals surface area contributed by atoms with Gasteiger partial charge in [-0.1, -0.05) is 18.2 Å². The van der Waals surface area contributed by atoms with E-state index >= 15 is 0 Å². The number of nitrogens with one attached hydrogen (secondary N) is 1. The highest BCUT2D eigenvalue weighted by atomic mass is 32.2. The van der Waals surface area contributed by atoms with Gasteiger partial charge < -0.3 is 10.2 Å². The summed E-state index contributed by atoms with van der Waals surface area (Å²) in [5.41, 5.74) is 0.492. The Labute approximate surface area is 170 Å². The molecular weight excluding hydrogens is 396 g/mol. The number of rotatable bonds is 6. The van der Waals surface area contributed by atoms with Crippen molar-refractivity contribution in [2.24, 2.45) is 0 Å². The number of piperazine rings is 1. The molecule has 2 fully saturated rings. The standard InChI is InChI=1S/C19H26N4O5S/c1-14(2)29(27,28)22-12-10-21(11-13-22)17(24)9-8-16-18(25)23(19(26)20-16)15-6-4-3-5-7-15/h3-7,14,16H,8-13H2,1-2H3,(H,20,26). The van der Waals surface area contributed by atoms with Gasteiger partial charge in [0.1, 0.15) is 6.04 Å². The highest BCUT2D eigenvalue weighted by Crippen LogP contribution is 2.21. The van der Waals surface area contributed by atoms with Crippen LogP contribution < -0.4 is 10.2 Å². The Kier molecular flexibility index (Phi) is 6.23.